The third-order valence-corrected chi connectivity index (χ3v) is 3.59. The van der Waals surface area contributed by atoms with Crippen molar-refractivity contribution < 1.29 is 9.59 Å². The van der Waals surface area contributed by atoms with Crippen molar-refractivity contribution in [3.8, 4) is 6.07 Å². The quantitative estimate of drug-likeness (QED) is 0.736. The summed E-state index contributed by atoms with van der Waals surface area (Å²) in [4.78, 5) is 25.2. The normalized spacial score (nSPS) is 19.9. The molecule has 0 aromatic heterocycles. The van der Waals surface area contributed by atoms with Crippen LogP contribution in [0.3, 0.4) is 0 Å². The van der Waals surface area contributed by atoms with Crippen LogP contribution in [0.1, 0.15) is 32.8 Å². The summed E-state index contributed by atoms with van der Waals surface area (Å²) in [7, 11) is 0. The molecule has 1 heterocycles. The summed E-state index contributed by atoms with van der Waals surface area (Å²) in [6.07, 6.45) is 0.241. The molecule has 1 amide bonds. The van der Waals surface area contributed by atoms with Crippen LogP contribution in [-0.4, -0.2) is 18.2 Å². The molecule has 4 heteroatoms. The Balaban J connectivity index is 2.26. The first kappa shape index (κ1) is 14.3. The van der Waals surface area contributed by atoms with Crippen LogP contribution in [0.4, 0.5) is 5.69 Å². The molecule has 1 aromatic carbocycles. The van der Waals surface area contributed by atoms with Gasteiger partial charge in [-0.15, -0.1) is 0 Å². The SMILES string of the molecule is CC(C)(C)c1ccc(N2CCC(=O)C(C#N)C2=O)cc1. The van der Waals surface area contributed by atoms with E-state index in [0.29, 0.717) is 6.54 Å². The summed E-state index contributed by atoms with van der Waals surface area (Å²) in [6.45, 7) is 6.72. The van der Waals surface area contributed by atoms with Crippen molar-refractivity contribution in [1.29, 1.82) is 5.26 Å². The number of piperidine rings is 1. The second kappa shape index (κ2) is 5.09. The topological polar surface area (TPSA) is 61.2 Å². The predicted octanol–water partition coefficient (Wildman–Crippen LogP) is 2.43. The van der Waals surface area contributed by atoms with Crippen LogP contribution in [0.5, 0.6) is 0 Å². The zero-order valence-electron chi connectivity index (χ0n) is 12.0. The number of ketones is 1. The van der Waals surface area contributed by atoms with Gasteiger partial charge < -0.3 is 4.90 Å². The summed E-state index contributed by atoms with van der Waals surface area (Å²) in [5.74, 6) is -1.83. The van der Waals surface area contributed by atoms with Crippen LogP contribution >= 0.6 is 0 Å². The smallest absolute Gasteiger partial charge is 0.251 e. The monoisotopic (exact) mass is 270 g/mol. The highest BCUT2D eigenvalue weighted by Crippen LogP contribution is 2.27. The summed E-state index contributed by atoms with van der Waals surface area (Å²) in [6, 6.07) is 9.53. The van der Waals surface area contributed by atoms with Crippen molar-refractivity contribution >= 4 is 17.4 Å². The Bertz CT molecular complexity index is 576. The van der Waals surface area contributed by atoms with E-state index in [9.17, 15) is 9.59 Å². The molecule has 2 rings (SSSR count). The Morgan fingerprint density at radius 2 is 1.80 bits per heavy atom. The third kappa shape index (κ3) is 2.57. The van der Waals surface area contributed by atoms with Crippen LogP contribution in [0.2, 0.25) is 0 Å². The maximum Gasteiger partial charge on any atom is 0.251 e. The number of carbonyl (C=O) groups is 2. The van der Waals surface area contributed by atoms with Gasteiger partial charge >= 0.3 is 0 Å². The van der Waals surface area contributed by atoms with E-state index in [2.05, 4.69) is 20.8 Å². The number of Topliss-reactive ketones (excluding diaryl/α,β-unsaturated/α-hetero) is 1. The van der Waals surface area contributed by atoms with Gasteiger partial charge in [0, 0.05) is 18.7 Å². The van der Waals surface area contributed by atoms with Gasteiger partial charge in [0.2, 0.25) is 0 Å². The van der Waals surface area contributed by atoms with Crippen LogP contribution in [-0.2, 0) is 15.0 Å². The zero-order chi connectivity index (χ0) is 14.9. The highest BCUT2D eigenvalue weighted by Gasteiger charge is 2.36. The second-order valence-corrected chi connectivity index (χ2v) is 6.07. The number of nitrogens with zero attached hydrogens (tertiary/aromatic N) is 2. The maximum atomic E-state index is 12.1. The van der Waals surface area contributed by atoms with Gasteiger partial charge in [-0.25, -0.2) is 0 Å². The summed E-state index contributed by atoms with van der Waals surface area (Å²) in [5, 5.41) is 8.93. The Labute approximate surface area is 119 Å². The Morgan fingerprint density at radius 1 is 1.20 bits per heavy atom. The molecule has 1 unspecified atom stereocenters. The number of benzene rings is 1. The van der Waals surface area contributed by atoms with Gasteiger partial charge in [0.1, 0.15) is 0 Å². The molecule has 1 saturated heterocycles. The number of rotatable bonds is 1. The van der Waals surface area contributed by atoms with Crippen molar-refractivity contribution in [2.45, 2.75) is 32.6 Å². The van der Waals surface area contributed by atoms with Gasteiger partial charge in [-0.2, -0.15) is 5.26 Å². The van der Waals surface area contributed by atoms with Gasteiger partial charge in [-0.3, -0.25) is 9.59 Å². The Hall–Kier alpha value is -2.15. The van der Waals surface area contributed by atoms with E-state index < -0.39 is 11.8 Å². The molecule has 0 bridgehead atoms. The molecular weight excluding hydrogens is 252 g/mol. The van der Waals surface area contributed by atoms with E-state index in [-0.39, 0.29) is 17.6 Å². The zero-order valence-corrected chi connectivity index (χ0v) is 12.0. The van der Waals surface area contributed by atoms with Gasteiger partial charge in [0.15, 0.2) is 11.7 Å². The van der Waals surface area contributed by atoms with Gasteiger partial charge in [0.05, 0.1) is 6.07 Å². The predicted molar refractivity (Wildman–Crippen MR) is 76.2 cm³/mol. The third-order valence-electron chi connectivity index (χ3n) is 3.59. The van der Waals surface area contributed by atoms with Crippen molar-refractivity contribution in [2.24, 2.45) is 5.92 Å². The van der Waals surface area contributed by atoms with Gasteiger partial charge in [-0.1, -0.05) is 32.9 Å². The van der Waals surface area contributed by atoms with Crippen molar-refractivity contribution in [3.63, 3.8) is 0 Å². The van der Waals surface area contributed by atoms with Crippen molar-refractivity contribution in [2.75, 3.05) is 11.4 Å². The summed E-state index contributed by atoms with van der Waals surface area (Å²) >= 11 is 0. The van der Waals surface area contributed by atoms with Crippen molar-refractivity contribution in [3.05, 3.63) is 29.8 Å². The Morgan fingerprint density at radius 3 is 2.30 bits per heavy atom. The molecule has 0 spiro atoms. The summed E-state index contributed by atoms with van der Waals surface area (Å²) < 4.78 is 0. The molecule has 1 fully saturated rings. The number of amides is 1. The maximum absolute atomic E-state index is 12.1. The lowest BCUT2D eigenvalue weighted by Crippen LogP contribution is -2.45. The molecule has 1 aromatic rings. The number of nitriles is 1. The first-order valence-corrected chi connectivity index (χ1v) is 6.69. The largest absolute Gasteiger partial charge is 0.310 e. The average molecular weight is 270 g/mol. The van der Waals surface area contributed by atoms with Gasteiger partial charge in [-0.05, 0) is 23.1 Å². The molecule has 0 saturated carbocycles. The highest BCUT2D eigenvalue weighted by atomic mass is 16.2. The molecule has 20 heavy (non-hydrogen) atoms. The average Bonchev–Trinajstić information content (AvgIpc) is 2.38. The first-order chi connectivity index (χ1) is 9.34. The molecule has 1 aliphatic heterocycles. The van der Waals surface area contributed by atoms with E-state index in [1.165, 1.54) is 10.5 Å². The fourth-order valence-corrected chi connectivity index (χ4v) is 2.30. The van der Waals surface area contributed by atoms with E-state index in [1.807, 2.05) is 24.3 Å². The first-order valence-electron chi connectivity index (χ1n) is 6.69. The fourth-order valence-electron chi connectivity index (χ4n) is 2.30. The van der Waals surface area contributed by atoms with E-state index in [1.54, 1.807) is 6.07 Å². The van der Waals surface area contributed by atoms with E-state index in [4.69, 9.17) is 5.26 Å². The molecule has 0 aliphatic carbocycles. The van der Waals surface area contributed by atoms with Crippen LogP contribution in [0.15, 0.2) is 24.3 Å². The molecule has 4 nitrogen and oxygen atoms in total. The van der Waals surface area contributed by atoms with Crippen LogP contribution in [0, 0.1) is 17.2 Å². The Kier molecular flexibility index (Phi) is 3.63. The number of hydrogen-bond acceptors (Lipinski definition) is 3. The van der Waals surface area contributed by atoms with E-state index in [0.717, 1.165) is 5.69 Å². The van der Waals surface area contributed by atoms with Crippen LogP contribution < -0.4 is 4.90 Å². The molecule has 1 atom stereocenters. The number of anilines is 1. The second-order valence-electron chi connectivity index (χ2n) is 6.07. The van der Waals surface area contributed by atoms with Crippen LogP contribution in [0.25, 0.3) is 0 Å². The summed E-state index contributed by atoms with van der Waals surface area (Å²) in [5.41, 5.74) is 1.98. The van der Waals surface area contributed by atoms with Crippen molar-refractivity contribution in [1.82, 2.24) is 0 Å². The molecular formula is C16H18N2O2. The minimum absolute atomic E-state index is 0.0512. The molecule has 104 valence electrons. The fraction of sp³-hybridized carbons (Fsp3) is 0.438. The minimum Gasteiger partial charge on any atom is -0.310 e. The lowest BCUT2D eigenvalue weighted by Gasteiger charge is -2.29. The molecule has 0 N–H and O–H groups in total. The standard InChI is InChI=1S/C16H18N2O2/c1-16(2,3)11-4-6-12(7-5-11)18-9-8-14(19)13(10-17)15(18)20/h4-7,13H,8-9H2,1-3H3. The molecule has 0 radical (unpaired) electrons. The highest BCUT2D eigenvalue weighted by molar-refractivity contribution is 6.13. The minimum atomic E-state index is -1.15. The van der Waals surface area contributed by atoms with E-state index >= 15 is 0 Å². The molecule has 1 aliphatic rings. The lowest BCUT2D eigenvalue weighted by atomic mass is 9.87. The van der Waals surface area contributed by atoms with Gasteiger partial charge in [0.25, 0.3) is 5.91 Å². The number of hydrogen-bond donors (Lipinski definition) is 0. The lowest BCUT2D eigenvalue weighted by molar-refractivity contribution is -0.132. The number of carbonyl (C=O) groups excluding carboxylic acids is 2.